The Balaban J connectivity index is 1.80. The Bertz CT molecular complexity index is 786. The summed E-state index contributed by atoms with van der Waals surface area (Å²) in [5.41, 5.74) is 2.81. The Hall–Kier alpha value is -3.02. The minimum absolute atomic E-state index is 0.261. The van der Waals surface area contributed by atoms with Gasteiger partial charge in [0, 0.05) is 5.69 Å². The Morgan fingerprint density at radius 2 is 1.63 bits per heavy atom. The van der Waals surface area contributed by atoms with Crippen LogP contribution in [0, 0.1) is 13.8 Å². The maximum atomic E-state index is 12.2. The van der Waals surface area contributed by atoms with Crippen molar-refractivity contribution in [2.24, 2.45) is 0 Å². The van der Waals surface area contributed by atoms with Crippen LogP contribution in [-0.2, 0) is 14.3 Å². The summed E-state index contributed by atoms with van der Waals surface area (Å²) in [4.78, 5) is 24.1. The van der Waals surface area contributed by atoms with E-state index in [1.165, 1.54) is 6.92 Å². The van der Waals surface area contributed by atoms with Crippen LogP contribution in [0.4, 0.5) is 5.69 Å². The molecule has 0 aromatic heterocycles. The fourth-order valence-electron chi connectivity index (χ4n) is 2.28. The predicted molar refractivity (Wildman–Crippen MR) is 103 cm³/mol. The molecule has 2 aromatic rings. The number of aryl methyl sites for hydroxylation is 2. The van der Waals surface area contributed by atoms with Gasteiger partial charge in [-0.25, -0.2) is 4.79 Å². The fourth-order valence-corrected chi connectivity index (χ4v) is 2.28. The highest BCUT2D eigenvalue weighted by Gasteiger charge is 2.18. The standard InChI is InChI=1S/C21H25NO5/c1-5-25-18-10-7-17(8-11-18)22-21(24)16(4)27-20(23)13-26-19-9-6-14(2)15(3)12-19/h6-12,16H,5,13H2,1-4H3,(H,22,24)/t16-/m0/s1. The van der Waals surface area contributed by atoms with Gasteiger partial charge in [0.1, 0.15) is 11.5 Å². The molecule has 1 N–H and O–H groups in total. The number of esters is 1. The number of nitrogens with one attached hydrogen (secondary N) is 1. The van der Waals surface area contributed by atoms with E-state index in [2.05, 4.69) is 5.32 Å². The highest BCUT2D eigenvalue weighted by molar-refractivity contribution is 5.95. The van der Waals surface area contributed by atoms with E-state index in [1.807, 2.05) is 32.9 Å². The van der Waals surface area contributed by atoms with Crippen LogP contribution >= 0.6 is 0 Å². The molecule has 0 aliphatic carbocycles. The molecule has 144 valence electrons. The van der Waals surface area contributed by atoms with Crippen LogP contribution in [-0.4, -0.2) is 31.2 Å². The van der Waals surface area contributed by atoms with Crippen LogP contribution in [0.15, 0.2) is 42.5 Å². The Morgan fingerprint density at radius 3 is 2.26 bits per heavy atom. The Morgan fingerprint density at radius 1 is 0.963 bits per heavy atom. The molecule has 0 aliphatic rings. The largest absolute Gasteiger partial charge is 0.494 e. The summed E-state index contributed by atoms with van der Waals surface area (Å²) in [7, 11) is 0. The summed E-state index contributed by atoms with van der Waals surface area (Å²) in [6.45, 7) is 7.69. The van der Waals surface area contributed by atoms with E-state index in [0.29, 0.717) is 18.0 Å². The number of anilines is 1. The van der Waals surface area contributed by atoms with Gasteiger partial charge in [-0.2, -0.15) is 0 Å². The smallest absolute Gasteiger partial charge is 0.344 e. The zero-order valence-electron chi connectivity index (χ0n) is 16.1. The lowest BCUT2D eigenvalue weighted by molar-refractivity contribution is -0.155. The molecule has 0 aliphatic heterocycles. The normalized spacial score (nSPS) is 11.4. The van der Waals surface area contributed by atoms with E-state index in [4.69, 9.17) is 14.2 Å². The van der Waals surface area contributed by atoms with E-state index in [-0.39, 0.29) is 6.61 Å². The van der Waals surface area contributed by atoms with E-state index < -0.39 is 18.0 Å². The summed E-state index contributed by atoms with van der Waals surface area (Å²) in [5.74, 6) is 0.279. The number of carbonyl (C=O) groups is 2. The summed E-state index contributed by atoms with van der Waals surface area (Å²) in [6.07, 6.45) is -0.938. The molecule has 0 spiro atoms. The average Bonchev–Trinajstić information content (AvgIpc) is 2.64. The molecule has 6 nitrogen and oxygen atoms in total. The second-order valence-corrected chi connectivity index (χ2v) is 6.11. The highest BCUT2D eigenvalue weighted by atomic mass is 16.6. The van der Waals surface area contributed by atoms with Gasteiger partial charge in [-0.15, -0.1) is 0 Å². The number of amides is 1. The minimum atomic E-state index is -0.938. The minimum Gasteiger partial charge on any atom is -0.494 e. The van der Waals surface area contributed by atoms with Crippen molar-refractivity contribution in [3.8, 4) is 11.5 Å². The maximum absolute atomic E-state index is 12.2. The molecule has 0 saturated carbocycles. The maximum Gasteiger partial charge on any atom is 0.344 e. The average molecular weight is 371 g/mol. The molecule has 0 saturated heterocycles. The van der Waals surface area contributed by atoms with Crippen LogP contribution < -0.4 is 14.8 Å². The van der Waals surface area contributed by atoms with Crippen LogP contribution in [0.1, 0.15) is 25.0 Å². The Kier molecular flexibility index (Phi) is 7.23. The third-order valence-electron chi connectivity index (χ3n) is 3.95. The fraction of sp³-hybridized carbons (Fsp3) is 0.333. The number of hydrogen-bond acceptors (Lipinski definition) is 5. The van der Waals surface area contributed by atoms with Crippen molar-refractivity contribution in [3.63, 3.8) is 0 Å². The molecule has 6 heteroatoms. The molecule has 27 heavy (non-hydrogen) atoms. The molecule has 0 heterocycles. The summed E-state index contributed by atoms with van der Waals surface area (Å²) in [5, 5.41) is 2.69. The summed E-state index contributed by atoms with van der Waals surface area (Å²) >= 11 is 0. The van der Waals surface area contributed by atoms with Gasteiger partial charge in [0.2, 0.25) is 0 Å². The third kappa shape index (κ3) is 6.33. The van der Waals surface area contributed by atoms with Crippen LogP contribution in [0.5, 0.6) is 11.5 Å². The molecule has 0 bridgehead atoms. The van der Waals surface area contributed by atoms with Crippen LogP contribution in [0.25, 0.3) is 0 Å². The molecule has 2 aromatic carbocycles. The van der Waals surface area contributed by atoms with Crippen LogP contribution in [0.3, 0.4) is 0 Å². The van der Waals surface area contributed by atoms with Gasteiger partial charge in [0.05, 0.1) is 6.61 Å². The zero-order chi connectivity index (χ0) is 19.8. The lowest BCUT2D eigenvalue weighted by Crippen LogP contribution is -2.31. The summed E-state index contributed by atoms with van der Waals surface area (Å²) < 4.78 is 15.9. The molecule has 1 atom stereocenters. The van der Waals surface area contributed by atoms with E-state index in [1.54, 1.807) is 30.3 Å². The zero-order valence-corrected chi connectivity index (χ0v) is 16.1. The number of hydrogen-bond donors (Lipinski definition) is 1. The van der Waals surface area contributed by atoms with Crippen molar-refractivity contribution < 1.29 is 23.8 Å². The first-order valence-electron chi connectivity index (χ1n) is 8.82. The second kappa shape index (κ2) is 9.62. The first kappa shape index (κ1) is 20.3. The lowest BCUT2D eigenvalue weighted by Gasteiger charge is -2.14. The van der Waals surface area contributed by atoms with Crippen molar-refractivity contribution in [1.82, 2.24) is 0 Å². The van der Waals surface area contributed by atoms with E-state index >= 15 is 0 Å². The van der Waals surface area contributed by atoms with Gasteiger partial charge in [-0.05, 0) is 75.2 Å². The van der Waals surface area contributed by atoms with Crippen molar-refractivity contribution >= 4 is 17.6 Å². The summed E-state index contributed by atoms with van der Waals surface area (Å²) in [6, 6.07) is 12.5. The van der Waals surface area contributed by atoms with Crippen molar-refractivity contribution in [1.29, 1.82) is 0 Å². The van der Waals surface area contributed by atoms with Gasteiger partial charge >= 0.3 is 5.97 Å². The molecule has 0 fully saturated rings. The Labute approximate surface area is 159 Å². The third-order valence-corrected chi connectivity index (χ3v) is 3.95. The van der Waals surface area contributed by atoms with Gasteiger partial charge in [0.25, 0.3) is 5.91 Å². The second-order valence-electron chi connectivity index (χ2n) is 6.11. The topological polar surface area (TPSA) is 73.9 Å². The molecule has 2 rings (SSSR count). The van der Waals surface area contributed by atoms with Gasteiger partial charge in [-0.1, -0.05) is 6.07 Å². The molecular weight excluding hydrogens is 346 g/mol. The van der Waals surface area contributed by atoms with E-state index in [9.17, 15) is 9.59 Å². The number of carbonyl (C=O) groups excluding carboxylic acids is 2. The SMILES string of the molecule is CCOc1ccc(NC(=O)[C@H](C)OC(=O)COc2ccc(C)c(C)c2)cc1. The number of ether oxygens (including phenoxy) is 3. The van der Waals surface area contributed by atoms with Crippen molar-refractivity contribution in [2.45, 2.75) is 33.8 Å². The molecule has 0 unspecified atom stereocenters. The van der Waals surface area contributed by atoms with Gasteiger partial charge in [0.15, 0.2) is 12.7 Å². The van der Waals surface area contributed by atoms with E-state index in [0.717, 1.165) is 16.9 Å². The first-order chi connectivity index (χ1) is 12.9. The predicted octanol–water partition coefficient (Wildman–Crippen LogP) is 3.65. The van der Waals surface area contributed by atoms with Crippen molar-refractivity contribution in [3.05, 3.63) is 53.6 Å². The molecular formula is C21H25NO5. The van der Waals surface area contributed by atoms with Gasteiger partial charge in [-0.3, -0.25) is 4.79 Å². The lowest BCUT2D eigenvalue weighted by atomic mass is 10.1. The molecule has 1 amide bonds. The van der Waals surface area contributed by atoms with Crippen LogP contribution in [0.2, 0.25) is 0 Å². The first-order valence-corrected chi connectivity index (χ1v) is 8.82. The quantitative estimate of drug-likeness (QED) is 0.717. The van der Waals surface area contributed by atoms with Crippen molar-refractivity contribution in [2.75, 3.05) is 18.5 Å². The monoisotopic (exact) mass is 371 g/mol. The number of benzene rings is 2. The van der Waals surface area contributed by atoms with Gasteiger partial charge < -0.3 is 19.5 Å². The number of rotatable bonds is 8. The highest BCUT2D eigenvalue weighted by Crippen LogP contribution is 2.17. The molecule has 0 radical (unpaired) electrons.